The standard InChI is InChI=1S/C17H26O5/c1-12(18)22-14-10-13(15(19)20)6-5-7-17(4,21)9-8-16(2,3)11-14/h6,8-9,14,21H,5,7,10-11H2,1-4H3,(H,19,20)/b9-8+,13-6-/t14-,17+/m1/s1. The summed E-state index contributed by atoms with van der Waals surface area (Å²) in [5.41, 5.74) is -1.09. The summed E-state index contributed by atoms with van der Waals surface area (Å²) in [5.74, 6) is -1.43. The van der Waals surface area contributed by atoms with Gasteiger partial charge in [-0.2, -0.15) is 0 Å². The molecule has 0 amide bonds. The summed E-state index contributed by atoms with van der Waals surface area (Å²) in [6, 6.07) is 0. The van der Waals surface area contributed by atoms with E-state index in [0.717, 1.165) is 0 Å². The van der Waals surface area contributed by atoms with Crippen molar-refractivity contribution in [3.05, 3.63) is 23.8 Å². The summed E-state index contributed by atoms with van der Waals surface area (Å²) >= 11 is 0. The molecule has 5 heteroatoms. The predicted molar refractivity (Wildman–Crippen MR) is 83.3 cm³/mol. The van der Waals surface area contributed by atoms with Crippen LogP contribution < -0.4 is 0 Å². The first kappa shape index (κ1) is 18.4. The number of carboxylic acids is 1. The molecule has 1 aliphatic rings. The van der Waals surface area contributed by atoms with Crippen LogP contribution in [0.5, 0.6) is 0 Å². The molecular weight excluding hydrogens is 284 g/mol. The highest BCUT2D eigenvalue weighted by Gasteiger charge is 2.28. The average Bonchev–Trinajstić information content (AvgIpc) is 2.34. The largest absolute Gasteiger partial charge is 0.478 e. The van der Waals surface area contributed by atoms with E-state index in [0.29, 0.717) is 19.3 Å². The smallest absolute Gasteiger partial charge is 0.331 e. The maximum atomic E-state index is 11.4. The molecule has 22 heavy (non-hydrogen) atoms. The highest BCUT2D eigenvalue weighted by atomic mass is 16.5. The van der Waals surface area contributed by atoms with Gasteiger partial charge in [0.25, 0.3) is 0 Å². The van der Waals surface area contributed by atoms with Crippen molar-refractivity contribution in [3.63, 3.8) is 0 Å². The summed E-state index contributed by atoms with van der Waals surface area (Å²) in [7, 11) is 0. The molecule has 0 saturated heterocycles. The molecule has 0 aromatic carbocycles. The molecule has 0 aliphatic heterocycles. The van der Waals surface area contributed by atoms with Crippen LogP contribution in [-0.2, 0) is 14.3 Å². The fourth-order valence-electron chi connectivity index (χ4n) is 2.58. The van der Waals surface area contributed by atoms with Crippen LogP contribution in [0.2, 0.25) is 0 Å². The molecule has 0 radical (unpaired) electrons. The summed E-state index contributed by atoms with van der Waals surface area (Å²) in [4.78, 5) is 22.6. The Kier molecular flexibility index (Phi) is 5.94. The highest BCUT2D eigenvalue weighted by Crippen LogP contribution is 2.31. The molecule has 0 aromatic heterocycles. The molecule has 1 rings (SSSR count). The van der Waals surface area contributed by atoms with Crippen LogP contribution in [0, 0.1) is 5.41 Å². The summed E-state index contributed by atoms with van der Waals surface area (Å²) in [6.07, 6.45) is 6.33. The molecule has 5 nitrogen and oxygen atoms in total. The zero-order chi connectivity index (χ0) is 17.0. The number of aliphatic hydroxyl groups is 1. The number of hydrogen-bond donors (Lipinski definition) is 2. The second-order valence-electron chi connectivity index (χ2n) is 6.89. The van der Waals surface area contributed by atoms with Gasteiger partial charge in [0.1, 0.15) is 6.10 Å². The maximum absolute atomic E-state index is 11.4. The van der Waals surface area contributed by atoms with E-state index in [4.69, 9.17) is 4.74 Å². The number of hydrogen-bond acceptors (Lipinski definition) is 4. The van der Waals surface area contributed by atoms with Gasteiger partial charge in [-0.25, -0.2) is 4.79 Å². The SMILES string of the molecule is CC(=O)O[C@@H]1C/C(C(=O)O)=C/CC[C@](C)(O)/C=C/C(C)(C)C1. The Balaban J connectivity index is 3.12. The van der Waals surface area contributed by atoms with Crippen LogP contribution in [0.3, 0.4) is 0 Å². The van der Waals surface area contributed by atoms with Crippen molar-refractivity contribution in [2.45, 2.75) is 65.1 Å². The number of carbonyl (C=O) groups excluding carboxylic acids is 1. The molecule has 2 N–H and O–H groups in total. The molecule has 124 valence electrons. The zero-order valence-electron chi connectivity index (χ0n) is 13.8. The quantitative estimate of drug-likeness (QED) is 0.605. The number of esters is 1. The lowest BCUT2D eigenvalue weighted by atomic mass is 9.83. The van der Waals surface area contributed by atoms with Crippen LogP contribution in [0.1, 0.15) is 53.4 Å². The van der Waals surface area contributed by atoms with Crippen molar-refractivity contribution in [2.24, 2.45) is 5.41 Å². The normalized spacial score (nSPS) is 33.0. The number of allylic oxidation sites excluding steroid dienone is 2. The van der Waals surface area contributed by atoms with Crippen molar-refractivity contribution >= 4 is 11.9 Å². The van der Waals surface area contributed by atoms with Gasteiger partial charge in [0.05, 0.1) is 5.60 Å². The Morgan fingerprint density at radius 2 is 1.91 bits per heavy atom. The van der Waals surface area contributed by atoms with Gasteiger partial charge in [0.15, 0.2) is 0 Å². The van der Waals surface area contributed by atoms with Crippen LogP contribution >= 0.6 is 0 Å². The Morgan fingerprint density at radius 1 is 1.27 bits per heavy atom. The molecule has 0 heterocycles. The fourth-order valence-corrected chi connectivity index (χ4v) is 2.58. The third kappa shape index (κ3) is 6.43. The van der Waals surface area contributed by atoms with Gasteiger partial charge in [0, 0.05) is 18.9 Å². The Morgan fingerprint density at radius 3 is 2.45 bits per heavy atom. The van der Waals surface area contributed by atoms with Crippen molar-refractivity contribution in [1.82, 2.24) is 0 Å². The van der Waals surface area contributed by atoms with E-state index in [-0.39, 0.29) is 17.4 Å². The van der Waals surface area contributed by atoms with Gasteiger partial charge in [-0.3, -0.25) is 4.79 Å². The minimum Gasteiger partial charge on any atom is -0.478 e. The minimum atomic E-state index is -1.01. The highest BCUT2D eigenvalue weighted by molar-refractivity contribution is 5.86. The lowest BCUT2D eigenvalue weighted by Crippen LogP contribution is -2.26. The van der Waals surface area contributed by atoms with Crippen molar-refractivity contribution in [2.75, 3.05) is 0 Å². The van der Waals surface area contributed by atoms with E-state index in [1.807, 2.05) is 19.9 Å². The lowest BCUT2D eigenvalue weighted by molar-refractivity contribution is -0.148. The Bertz CT molecular complexity index is 485. The van der Waals surface area contributed by atoms with E-state index in [1.54, 1.807) is 19.1 Å². The van der Waals surface area contributed by atoms with E-state index >= 15 is 0 Å². The molecule has 0 spiro atoms. The van der Waals surface area contributed by atoms with E-state index in [1.165, 1.54) is 6.92 Å². The van der Waals surface area contributed by atoms with Gasteiger partial charge in [0.2, 0.25) is 0 Å². The second kappa shape index (κ2) is 7.09. The van der Waals surface area contributed by atoms with Gasteiger partial charge in [-0.15, -0.1) is 0 Å². The van der Waals surface area contributed by atoms with Gasteiger partial charge < -0.3 is 14.9 Å². The van der Waals surface area contributed by atoms with Gasteiger partial charge in [-0.1, -0.05) is 32.1 Å². The van der Waals surface area contributed by atoms with Crippen molar-refractivity contribution < 1.29 is 24.5 Å². The van der Waals surface area contributed by atoms with Crippen LogP contribution in [0.25, 0.3) is 0 Å². The zero-order valence-corrected chi connectivity index (χ0v) is 13.8. The topological polar surface area (TPSA) is 83.8 Å². The molecule has 0 aromatic rings. The average molecular weight is 310 g/mol. The molecular formula is C17H26O5. The van der Waals surface area contributed by atoms with E-state index in [9.17, 15) is 19.8 Å². The molecule has 2 atom stereocenters. The molecule has 0 unspecified atom stereocenters. The molecule has 1 aliphatic carbocycles. The maximum Gasteiger partial charge on any atom is 0.331 e. The predicted octanol–water partition coefficient (Wildman–Crippen LogP) is 2.84. The van der Waals surface area contributed by atoms with Crippen LogP contribution in [-0.4, -0.2) is 33.9 Å². The first-order valence-electron chi connectivity index (χ1n) is 7.53. The third-order valence-electron chi connectivity index (χ3n) is 3.74. The van der Waals surface area contributed by atoms with Crippen LogP contribution in [0.4, 0.5) is 0 Å². The molecule has 0 saturated carbocycles. The number of carboxylic acid groups (broad SMARTS) is 1. The molecule has 0 bridgehead atoms. The van der Waals surface area contributed by atoms with Crippen molar-refractivity contribution in [3.8, 4) is 0 Å². The number of aliphatic carboxylic acids is 1. The minimum absolute atomic E-state index is 0.175. The van der Waals surface area contributed by atoms with Gasteiger partial charge in [-0.05, 0) is 31.6 Å². The van der Waals surface area contributed by atoms with E-state index < -0.39 is 23.6 Å². The monoisotopic (exact) mass is 310 g/mol. The fraction of sp³-hybridized carbons (Fsp3) is 0.647. The van der Waals surface area contributed by atoms with Gasteiger partial charge >= 0.3 is 11.9 Å². The second-order valence-corrected chi connectivity index (χ2v) is 6.89. The summed E-state index contributed by atoms with van der Waals surface area (Å²) in [6.45, 7) is 6.97. The number of carbonyl (C=O) groups is 2. The van der Waals surface area contributed by atoms with Crippen LogP contribution in [0.15, 0.2) is 23.8 Å². The summed E-state index contributed by atoms with van der Waals surface area (Å²) in [5, 5.41) is 19.6. The van der Waals surface area contributed by atoms with E-state index in [2.05, 4.69) is 0 Å². The molecule has 0 fully saturated rings. The summed E-state index contributed by atoms with van der Waals surface area (Å²) < 4.78 is 5.29. The first-order chi connectivity index (χ1) is 10.0. The Labute approximate surface area is 131 Å². The Hall–Kier alpha value is -1.62. The number of ether oxygens (including phenoxy) is 1. The first-order valence-corrected chi connectivity index (χ1v) is 7.53. The lowest BCUT2D eigenvalue weighted by Gasteiger charge is -2.27. The number of rotatable bonds is 2. The third-order valence-corrected chi connectivity index (χ3v) is 3.74. The van der Waals surface area contributed by atoms with Crippen molar-refractivity contribution in [1.29, 1.82) is 0 Å².